The topological polar surface area (TPSA) is 64.1 Å². The molecule has 1 heterocycles. The van der Waals surface area contributed by atoms with E-state index in [2.05, 4.69) is 27.4 Å². The van der Waals surface area contributed by atoms with Gasteiger partial charge in [-0.3, -0.25) is 4.79 Å². The normalized spacial score (nSPS) is 19.7. The van der Waals surface area contributed by atoms with Crippen molar-refractivity contribution >= 4 is 5.91 Å². The summed E-state index contributed by atoms with van der Waals surface area (Å²) in [4.78, 5) is 19.7. The van der Waals surface area contributed by atoms with Crippen LogP contribution in [0.3, 0.4) is 0 Å². The molecule has 1 aromatic heterocycles. The number of nitrogens with zero attached hydrogens (tertiary/aromatic N) is 2. The SMILES string of the molecule is O=C(CCCc1ccccc1)NC1CCC(Oc2ncc(F)cn2)CC1. The fourth-order valence-corrected chi connectivity index (χ4v) is 3.23. The van der Waals surface area contributed by atoms with Gasteiger partial charge in [0.1, 0.15) is 6.10 Å². The summed E-state index contributed by atoms with van der Waals surface area (Å²) in [5.41, 5.74) is 1.26. The Morgan fingerprint density at radius 3 is 2.50 bits per heavy atom. The first-order valence-electron chi connectivity index (χ1n) is 9.16. The van der Waals surface area contributed by atoms with Gasteiger partial charge < -0.3 is 10.1 Å². The summed E-state index contributed by atoms with van der Waals surface area (Å²) < 4.78 is 18.5. The number of aromatic nitrogens is 2. The molecule has 0 saturated heterocycles. The largest absolute Gasteiger partial charge is 0.460 e. The molecule has 1 saturated carbocycles. The van der Waals surface area contributed by atoms with Crippen molar-refractivity contribution in [2.75, 3.05) is 0 Å². The van der Waals surface area contributed by atoms with E-state index in [9.17, 15) is 9.18 Å². The van der Waals surface area contributed by atoms with Crippen LogP contribution in [-0.2, 0) is 11.2 Å². The molecule has 0 bridgehead atoms. The third kappa shape index (κ3) is 5.79. The van der Waals surface area contributed by atoms with E-state index < -0.39 is 5.82 Å². The number of aryl methyl sites for hydroxylation is 1. The molecule has 1 N–H and O–H groups in total. The van der Waals surface area contributed by atoms with Crippen LogP contribution in [0.4, 0.5) is 4.39 Å². The highest BCUT2D eigenvalue weighted by Gasteiger charge is 2.24. The number of carbonyl (C=O) groups is 1. The molecule has 3 rings (SSSR count). The Labute approximate surface area is 153 Å². The van der Waals surface area contributed by atoms with Gasteiger partial charge in [0, 0.05) is 12.5 Å². The lowest BCUT2D eigenvalue weighted by Gasteiger charge is -2.28. The summed E-state index contributed by atoms with van der Waals surface area (Å²) in [6.45, 7) is 0. The maximum atomic E-state index is 12.8. The lowest BCUT2D eigenvalue weighted by molar-refractivity contribution is -0.122. The molecule has 0 spiro atoms. The maximum absolute atomic E-state index is 12.8. The van der Waals surface area contributed by atoms with Gasteiger partial charge in [-0.2, -0.15) is 0 Å². The van der Waals surface area contributed by atoms with Crippen molar-refractivity contribution in [2.45, 2.75) is 57.1 Å². The highest BCUT2D eigenvalue weighted by molar-refractivity contribution is 5.76. The Bertz CT molecular complexity index is 686. The number of benzene rings is 1. The Morgan fingerprint density at radius 2 is 1.81 bits per heavy atom. The highest BCUT2D eigenvalue weighted by Crippen LogP contribution is 2.22. The molecule has 1 amide bonds. The van der Waals surface area contributed by atoms with Crippen molar-refractivity contribution in [3.63, 3.8) is 0 Å². The van der Waals surface area contributed by atoms with Crippen molar-refractivity contribution in [1.29, 1.82) is 0 Å². The van der Waals surface area contributed by atoms with Crippen molar-refractivity contribution in [3.8, 4) is 6.01 Å². The van der Waals surface area contributed by atoms with Crippen LogP contribution in [0, 0.1) is 5.82 Å². The second-order valence-electron chi connectivity index (χ2n) is 6.68. The van der Waals surface area contributed by atoms with Gasteiger partial charge in [0.05, 0.1) is 12.4 Å². The third-order valence-corrected chi connectivity index (χ3v) is 4.62. The minimum absolute atomic E-state index is 0.0201. The van der Waals surface area contributed by atoms with Gasteiger partial charge in [0.2, 0.25) is 5.91 Å². The Balaban J connectivity index is 1.33. The summed E-state index contributed by atoms with van der Waals surface area (Å²) in [7, 11) is 0. The number of amides is 1. The average molecular weight is 357 g/mol. The number of rotatable bonds is 7. The van der Waals surface area contributed by atoms with Crippen LogP contribution < -0.4 is 10.1 Å². The molecule has 1 fully saturated rings. The van der Waals surface area contributed by atoms with Gasteiger partial charge in [0.25, 0.3) is 0 Å². The lowest BCUT2D eigenvalue weighted by Crippen LogP contribution is -2.39. The van der Waals surface area contributed by atoms with E-state index in [1.807, 2.05) is 18.2 Å². The van der Waals surface area contributed by atoms with E-state index in [1.165, 1.54) is 5.56 Å². The number of carbonyl (C=O) groups excluding carboxylic acids is 1. The Hall–Kier alpha value is -2.50. The Kier molecular flexibility index (Phi) is 6.52. The van der Waals surface area contributed by atoms with Crippen LogP contribution in [0.5, 0.6) is 6.01 Å². The van der Waals surface area contributed by atoms with E-state index in [-0.39, 0.29) is 24.1 Å². The van der Waals surface area contributed by atoms with E-state index >= 15 is 0 Å². The van der Waals surface area contributed by atoms with Crippen LogP contribution in [0.25, 0.3) is 0 Å². The zero-order valence-electron chi connectivity index (χ0n) is 14.7. The first-order chi connectivity index (χ1) is 12.7. The van der Waals surface area contributed by atoms with E-state index in [1.54, 1.807) is 0 Å². The van der Waals surface area contributed by atoms with Crippen LogP contribution in [-0.4, -0.2) is 28.0 Å². The van der Waals surface area contributed by atoms with Gasteiger partial charge in [-0.1, -0.05) is 30.3 Å². The number of halogens is 1. The highest BCUT2D eigenvalue weighted by atomic mass is 19.1. The number of ether oxygens (including phenoxy) is 1. The van der Waals surface area contributed by atoms with Crippen molar-refractivity contribution < 1.29 is 13.9 Å². The first-order valence-corrected chi connectivity index (χ1v) is 9.16. The quantitative estimate of drug-likeness (QED) is 0.824. The number of hydrogen-bond acceptors (Lipinski definition) is 4. The third-order valence-electron chi connectivity index (χ3n) is 4.62. The summed E-state index contributed by atoms with van der Waals surface area (Å²) in [6, 6.07) is 10.6. The van der Waals surface area contributed by atoms with Crippen molar-refractivity contribution in [1.82, 2.24) is 15.3 Å². The molecule has 2 aromatic rings. The second kappa shape index (κ2) is 9.27. The average Bonchev–Trinajstić information content (AvgIpc) is 2.66. The molecule has 6 heteroatoms. The van der Waals surface area contributed by atoms with Gasteiger partial charge >= 0.3 is 6.01 Å². The molecule has 0 aliphatic heterocycles. The fraction of sp³-hybridized carbons (Fsp3) is 0.450. The zero-order valence-corrected chi connectivity index (χ0v) is 14.7. The number of nitrogens with one attached hydrogen (secondary N) is 1. The van der Waals surface area contributed by atoms with E-state index in [0.29, 0.717) is 6.42 Å². The molecule has 1 aliphatic carbocycles. The molecule has 138 valence electrons. The monoisotopic (exact) mass is 357 g/mol. The minimum Gasteiger partial charge on any atom is -0.460 e. The molecule has 26 heavy (non-hydrogen) atoms. The fourth-order valence-electron chi connectivity index (χ4n) is 3.23. The molecule has 1 aromatic carbocycles. The molecule has 0 atom stereocenters. The van der Waals surface area contributed by atoms with Crippen LogP contribution >= 0.6 is 0 Å². The molecular formula is C20H24FN3O2. The summed E-state index contributed by atoms with van der Waals surface area (Å²) >= 11 is 0. The molecule has 5 nitrogen and oxygen atoms in total. The summed E-state index contributed by atoms with van der Waals surface area (Å²) in [5.74, 6) is -0.358. The molecule has 0 unspecified atom stereocenters. The minimum atomic E-state index is -0.476. The first kappa shape index (κ1) is 18.3. The van der Waals surface area contributed by atoms with Crippen LogP contribution in [0.15, 0.2) is 42.7 Å². The smallest absolute Gasteiger partial charge is 0.316 e. The zero-order chi connectivity index (χ0) is 18.2. The van der Waals surface area contributed by atoms with Crippen molar-refractivity contribution in [2.24, 2.45) is 0 Å². The molecule has 0 radical (unpaired) electrons. The predicted octanol–water partition coefficient (Wildman–Crippen LogP) is 3.44. The Morgan fingerprint density at radius 1 is 1.12 bits per heavy atom. The summed E-state index contributed by atoms with van der Waals surface area (Å²) in [5, 5.41) is 3.12. The van der Waals surface area contributed by atoms with Gasteiger partial charge in [-0.25, -0.2) is 14.4 Å². The summed E-state index contributed by atoms with van der Waals surface area (Å²) in [6.07, 6.45) is 7.95. The van der Waals surface area contributed by atoms with Crippen LogP contribution in [0.1, 0.15) is 44.1 Å². The standard InChI is InChI=1S/C20H24FN3O2/c21-16-13-22-20(23-14-16)26-18-11-9-17(10-12-18)24-19(25)8-4-7-15-5-2-1-3-6-15/h1-3,5-6,13-14,17-18H,4,7-12H2,(H,24,25). The maximum Gasteiger partial charge on any atom is 0.316 e. The van der Waals surface area contributed by atoms with Gasteiger partial charge in [-0.05, 0) is 44.1 Å². The van der Waals surface area contributed by atoms with Gasteiger partial charge in [-0.15, -0.1) is 0 Å². The van der Waals surface area contributed by atoms with Crippen molar-refractivity contribution in [3.05, 3.63) is 54.1 Å². The van der Waals surface area contributed by atoms with Crippen LogP contribution in [0.2, 0.25) is 0 Å². The number of hydrogen-bond donors (Lipinski definition) is 1. The predicted molar refractivity (Wildman–Crippen MR) is 96.2 cm³/mol. The second-order valence-corrected chi connectivity index (χ2v) is 6.68. The molecular weight excluding hydrogens is 333 g/mol. The molecule has 1 aliphatic rings. The van der Waals surface area contributed by atoms with E-state index in [4.69, 9.17) is 4.74 Å². The van der Waals surface area contributed by atoms with E-state index in [0.717, 1.165) is 50.9 Å². The van der Waals surface area contributed by atoms with Gasteiger partial charge in [0.15, 0.2) is 5.82 Å². The lowest BCUT2D eigenvalue weighted by atomic mass is 9.93.